The molecule has 1 aromatic carbocycles. The van der Waals surface area contributed by atoms with E-state index in [1.165, 1.54) is 23.5 Å². The molecule has 2 N–H and O–H groups in total. The van der Waals surface area contributed by atoms with Crippen molar-refractivity contribution in [2.45, 2.75) is 25.3 Å². The fraction of sp³-hybridized carbons (Fsp3) is 0.250. The van der Waals surface area contributed by atoms with Crippen LogP contribution in [0.1, 0.15) is 29.2 Å². The fourth-order valence-electron chi connectivity index (χ4n) is 2.11. The van der Waals surface area contributed by atoms with E-state index in [1.807, 2.05) is 17.5 Å². The van der Waals surface area contributed by atoms with Crippen molar-refractivity contribution in [1.82, 2.24) is 5.32 Å². The molecule has 2 aromatic rings. The van der Waals surface area contributed by atoms with Crippen LogP contribution < -0.4 is 5.32 Å². The predicted molar refractivity (Wildman–Crippen MR) is 82.2 cm³/mol. The first-order valence-electron chi connectivity index (χ1n) is 6.81. The van der Waals surface area contributed by atoms with Crippen LogP contribution in [0.3, 0.4) is 0 Å². The van der Waals surface area contributed by atoms with Gasteiger partial charge in [0.1, 0.15) is 5.82 Å². The van der Waals surface area contributed by atoms with Crippen molar-refractivity contribution in [3.63, 3.8) is 0 Å². The van der Waals surface area contributed by atoms with E-state index in [2.05, 4.69) is 5.32 Å². The number of hydrogen-bond donors (Lipinski definition) is 2. The van der Waals surface area contributed by atoms with E-state index in [0.717, 1.165) is 10.4 Å². The third-order valence-electron chi connectivity index (χ3n) is 3.20. The first kappa shape index (κ1) is 16.2. The Kier molecular flexibility index (Phi) is 5.66. The normalized spacial score (nSPS) is 11.9. The molecule has 1 atom stereocenters. The summed E-state index contributed by atoms with van der Waals surface area (Å²) in [5, 5.41) is 13.6. The number of carbonyl (C=O) groups is 2. The Bertz CT molecular complexity index is 625. The van der Waals surface area contributed by atoms with Crippen LogP contribution in [-0.2, 0) is 16.1 Å². The molecule has 0 aliphatic heterocycles. The summed E-state index contributed by atoms with van der Waals surface area (Å²) in [6, 6.07) is 9.55. The smallest absolute Gasteiger partial charge is 0.304 e. The fourth-order valence-corrected chi connectivity index (χ4v) is 2.94. The van der Waals surface area contributed by atoms with Crippen molar-refractivity contribution >= 4 is 23.2 Å². The SMILES string of the molecule is O=C(O)C[C@@H](CC(=O)NCc1ccc(F)cc1)c1cccs1. The maximum absolute atomic E-state index is 12.8. The molecule has 1 heterocycles. The number of rotatable bonds is 7. The van der Waals surface area contributed by atoms with E-state index in [1.54, 1.807) is 12.1 Å². The standard InChI is InChI=1S/C16H16FNO3S/c17-13-5-3-11(4-6-13)10-18-15(19)8-12(9-16(20)21)14-2-1-7-22-14/h1-7,12H,8-10H2,(H,18,19)(H,20,21)/t12-/m1/s1. The number of carboxylic acids is 1. The van der Waals surface area contributed by atoms with Crippen molar-refractivity contribution < 1.29 is 19.1 Å². The molecule has 4 nitrogen and oxygen atoms in total. The van der Waals surface area contributed by atoms with Crippen LogP contribution in [-0.4, -0.2) is 17.0 Å². The second kappa shape index (κ2) is 7.70. The average molecular weight is 321 g/mol. The number of thiophene rings is 1. The Hall–Kier alpha value is -2.21. The third kappa shape index (κ3) is 4.96. The Labute approximate surface area is 131 Å². The Morgan fingerprint density at radius 3 is 2.50 bits per heavy atom. The molecule has 0 bridgehead atoms. The molecule has 0 saturated carbocycles. The van der Waals surface area contributed by atoms with E-state index >= 15 is 0 Å². The van der Waals surface area contributed by atoms with Crippen molar-refractivity contribution in [2.24, 2.45) is 0 Å². The van der Waals surface area contributed by atoms with Gasteiger partial charge in [-0.3, -0.25) is 9.59 Å². The second-order valence-electron chi connectivity index (χ2n) is 4.92. The number of benzene rings is 1. The molecule has 1 aromatic heterocycles. The quantitative estimate of drug-likeness (QED) is 0.823. The van der Waals surface area contributed by atoms with Crippen LogP contribution in [0.25, 0.3) is 0 Å². The first-order chi connectivity index (χ1) is 10.5. The lowest BCUT2D eigenvalue weighted by Gasteiger charge is -2.13. The van der Waals surface area contributed by atoms with Crippen LogP contribution in [0.2, 0.25) is 0 Å². The zero-order valence-electron chi connectivity index (χ0n) is 11.8. The summed E-state index contributed by atoms with van der Waals surface area (Å²) in [6.45, 7) is 0.295. The molecule has 22 heavy (non-hydrogen) atoms. The van der Waals surface area contributed by atoms with Gasteiger partial charge in [-0.15, -0.1) is 11.3 Å². The molecule has 0 radical (unpaired) electrons. The number of carbonyl (C=O) groups excluding carboxylic acids is 1. The minimum atomic E-state index is -0.926. The average Bonchev–Trinajstić information content (AvgIpc) is 3.00. The number of amides is 1. The maximum atomic E-state index is 12.8. The van der Waals surface area contributed by atoms with Gasteiger partial charge in [-0.05, 0) is 29.1 Å². The third-order valence-corrected chi connectivity index (χ3v) is 4.24. The number of carboxylic acid groups (broad SMARTS) is 1. The van der Waals surface area contributed by atoms with Crippen molar-refractivity contribution in [1.29, 1.82) is 0 Å². The topological polar surface area (TPSA) is 66.4 Å². The van der Waals surface area contributed by atoms with Crippen molar-refractivity contribution in [3.8, 4) is 0 Å². The van der Waals surface area contributed by atoms with Gasteiger partial charge in [-0.25, -0.2) is 4.39 Å². The van der Waals surface area contributed by atoms with Gasteiger partial charge in [-0.1, -0.05) is 18.2 Å². The molecule has 116 valence electrons. The Morgan fingerprint density at radius 1 is 1.18 bits per heavy atom. The highest BCUT2D eigenvalue weighted by atomic mass is 32.1. The van der Waals surface area contributed by atoms with E-state index in [9.17, 15) is 14.0 Å². The van der Waals surface area contributed by atoms with Gasteiger partial charge in [0, 0.05) is 23.8 Å². The molecule has 6 heteroatoms. The zero-order chi connectivity index (χ0) is 15.9. The van der Waals surface area contributed by atoms with Crippen LogP contribution in [0.4, 0.5) is 4.39 Å². The Balaban J connectivity index is 1.90. The van der Waals surface area contributed by atoms with Gasteiger partial charge in [0.15, 0.2) is 0 Å². The highest BCUT2D eigenvalue weighted by Gasteiger charge is 2.20. The van der Waals surface area contributed by atoms with Gasteiger partial charge >= 0.3 is 5.97 Å². The van der Waals surface area contributed by atoms with Gasteiger partial charge in [-0.2, -0.15) is 0 Å². The van der Waals surface area contributed by atoms with Crippen LogP contribution in [0.15, 0.2) is 41.8 Å². The molecule has 0 unspecified atom stereocenters. The zero-order valence-corrected chi connectivity index (χ0v) is 12.6. The van der Waals surface area contributed by atoms with Crippen LogP contribution in [0, 0.1) is 5.82 Å². The predicted octanol–water partition coefficient (Wildman–Crippen LogP) is 3.15. The minimum absolute atomic E-state index is 0.0789. The number of nitrogens with one attached hydrogen (secondary N) is 1. The number of aliphatic carboxylic acids is 1. The largest absolute Gasteiger partial charge is 0.481 e. The Morgan fingerprint density at radius 2 is 1.91 bits per heavy atom. The molecule has 0 aliphatic rings. The van der Waals surface area contributed by atoms with Gasteiger partial charge in [0.25, 0.3) is 0 Å². The number of halogens is 1. The maximum Gasteiger partial charge on any atom is 0.304 e. The summed E-state index contributed by atoms with van der Waals surface area (Å²) in [5.74, 6) is -1.80. The monoisotopic (exact) mass is 321 g/mol. The summed E-state index contributed by atoms with van der Waals surface area (Å²) in [6.07, 6.45) is 0.0402. The number of hydrogen-bond acceptors (Lipinski definition) is 3. The second-order valence-corrected chi connectivity index (χ2v) is 5.90. The summed E-state index contributed by atoms with van der Waals surface area (Å²) in [7, 11) is 0. The molecular weight excluding hydrogens is 305 g/mol. The van der Waals surface area contributed by atoms with Gasteiger partial charge in [0.05, 0.1) is 6.42 Å². The van der Waals surface area contributed by atoms with Crippen LogP contribution >= 0.6 is 11.3 Å². The lowest BCUT2D eigenvalue weighted by atomic mass is 9.99. The summed E-state index contributed by atoms with van der Waals surface area (Å²) < 4.78 is 12.8. The van der Waals surface area contributed by atoms with Crippen LogP contribution in [0.5, 0.6) is 0 Å². The lowest BCUT2D eigenvalue weighted by molar-refractivity contribution is -0.137. The summed E-state index contributed by atoms with van der Waals surface area (Å²) in [5.41, 5.74) is 0.792. The van der Waals surface area contributed by atoms with E-state index in [0.29, 0.717) is 6.54 Å². The van der Waals surface area contributed by atoms with Gasteiger partial charge in [0.2, 0.25) is 5.91 Å². The minimum Gasteiger partial charge on any atom is -0.481 e. The highest BCUT2D eigenvalue weighted by Crippen LogP contribution is 2.27. The summed E-state index contributed by atoms with van der Waals surface area (Å²) in [4.78, 5) is 23.8. The molecule has 1 amide bonds. The van der Waals surface area contributed by atoms with Crippen molar-refractivity contribution in [3.05, 3.63) is 58.0 Å². The highest BCUT2D eigenvalue weighted by molar-refractivity contribution is 7.10. The summed E-state index contributed by atoms with van der Waals surface area (Å²) >= 11 is 1.45. The molecular formula is C16H16FNO3S. The molecule has 0 fully saturated rings. The lowest BCUT2D eigenvalue weighted by Crippen LogP contribution is -2.25. The molecule has 0 spiro atoms. The van der Waals surface area contributed by atoms with E-state index < -0.39 is 5.97 Å². The molecule has 0 saturated heterocycles. The first-order valence-corrected chi connectivity index (χ1v) is 7.69. The van der Waals surface area contributed by atoms with E-state index in [-0.39, 0.29) is 30.5 Å². The molecule has 2 rings (SSSR count). The molecule has 0 aliphatic carbocycles. The van der Waals surface area contributed by atoms with Crippen molar-refractivity contribution in [2.75, 3.05) is 0 Å². The van der Waals surface area contributed by atoms with Gasteiger partial charge < -0.3 is 10.4 Å². The van der Waals surface area contributed by atoms with E-state index in [4.69, 9.17) is 5.11 Å².